The maximum atomic E-state index is 13.5. The van der Waals surface area contributed by atoms with Crippen molar-refractivity contribution in [3.63, 3.8) is 0 Å². The highest BCUT2D eigenvalue weighted by atomic mass is 35.5. The molecule has 4 heterocycles. The first kappa shape index (κ1) is 23.3. The third-order valence-electron chi connectivity index (χ3n) is 6.01. The summed E-state index contributed by atoms with van der Waals surface area (Å²) in [6.45, 7) is 1.77. The number of pyridine rings is 1. The molecule has 12 heteroatoms. The minimum absolute atomic E-state index is 0.0582. The van der Waals surface area contributed by atoms with Crippen molar-refractivity contribution in [2.45, 2.75) is 38.4 Å². The molecule has 0 amide bonds. The van der Waals surface area contributed by atoms with E-state index in [2.05, 4.69) is 4.98 Å². The topological polar surface area (TPSA) is 93.2 Å². The molecule has 2 saturated heterocycles. The highest BCUT2D eigenvalue weighted by Crippen LogP contribution is 2.41. The van der Waals surface area contributed by atoms with Crippen LogP contribution in [0.2, 0.25) is 5.02 Å². The predicted molar refractivity (Wildman–Crippen MR) is 114 cm³/mol. The first-order chi connectivity index (χ1) is 15.6. The fourth-order valence-corrected chi connectivity index (χ4v) is 4.68. The van der Waals surface area contributed by atoms with Crippen LogP contribution in [0.3, 0.4) is 0 Å². The summed E-state index contributed by atoms with van der Waals surface area (Å²) in [6, 6.07) is 3.28. The largest absolute Gasteiger partial charge is 0.389 e. The summed E-state index contributed by atoms with van der Waals surface area (Å²) in [5, 5.41) is 9.56. The molecule has 2 aliphatic heterocycles. The van der Waals surface area contributed by atoms with Crippen LogP contribution in [-0.2, 0) is 17.7 Å². The van der Waals surface area contributed by atoms with Crippen molar-refractivity contribution in [1.82, 2.24) is 14.1 Å². The van der Waals surface area contributed by atoms with Crippen molar-refractivity contribution < 1.29 is 17.9 Å². The molecule has 176 valence electrons. The molecule has 33 heavy (non-hydrogen) atoms. The van der Waals surface area contributed by atoms with Gasteiger partial charge >= 0.3 is 11.9 Å². The molecule has 2 aromatic heterocycles. The van der Waals surface area contributed by atoms with E-state index in [9.17, 15) is 28.0 Å². The number of alkyl halides is 3. The zero-order valence-corrected chi connectivity index (χ0v) is 18.3. The van der Waals surface area contributed by atoms with Crippen LogP contribution in [0.15, 0.2) is 28.0 Å². The van der Waals surface area contributed by atoms with Gasteiger partial charge < -0.3 is 9.64 Å². The highest BCUT2D eigenvalue weighted by Gasteiger charge is 2.47. The van der Waals surface area contributed by atoms with Gasteiger partial charge in [-0.15, -0.1) is 0 Å². The summed E-state index contributed by atoms with van der Waals surface area (Å²) in [6.07, 6.45) is -2.57. The fraction of sp³-hybridized carbons (Fsp3) is 0.524. The second kappa shape index (κ2) is 8.83. The van der Waals surface area contributed by atoms with E-state index in [1.807, 2.05) is 6.07 Å². The Hall–Kier alpha value is -2.84. The SMILES string of the molecule is N#CCn1c(N2CC3(CCOC3)C2)c(CCCC(F)(F)F)c(=O)n(-c2cncc(Cl)c2)c1=O. The molecule has 0 bridgehead atoms. The number of ether oxygens (including phenoxy) is 1. The summed E-state index contributed by atoms with van der Waals surface area (Å²) < 4.78 is 45.9. The first-order valence-electron chi connectivity index (χ1n) is 10.4. The van der Waals surface area contributed by atoms with Gasteiger partial charge in [-0.2, -0.15) is 18.4 Å². The lowest BCUT2D eigenvalue weighted by Crippen LogP contribution is -2.59. The minimum Gasteiger partial charge on any atom is -0.381 e. The molecule has 0 radical (unpaired) electrons. The maximum absolute atomic E-state index is 13.5. The zero-order valence-electron chi connectivity index (χ0n) is 17.6. The van der Waals surface area contributed by atoms with Gasteiger partial charge in [-0.3, -0.25) is 14.3 Å². The number of rotatable bonds is 6. The van der Waals surface area contributed by atoms with Crippen molar-refractivity contribution in [3.8, 4) is 11.8 Å². The van der Waals surface area contributed by atoms with Crippen LogP contribution >= 0.6 is 11.6 Å². The molecule has 8 nitrogen and oxygen atoms in total. The smallest absolute Gasteiger partial charge is 0.381 e. The Bertz CT molecular complexity index is 1200. The van der Waals surface area contributed by atoms with Crippen LogP contribution in [-0.4, -0.2) is 46.6 Å². The number of nitrogens with zero attached hydrogens (tertiary/aromatic N) is 5. The zero-order chi connectivity index (χ0) is 23.8. The standard InChI is InChI=1S/C21H21ClF3N5O3/c22-14-8-15(10-27-9-14)30-18(31)16(2-1-3-21(23,24)25)17(29(6-5-26)19(30)32)28-11-20(12-28)4-7-33-13-20/h8-10H,1-4,6-7,11-13H2. The predicted octanol–water partition coefficient (Wildman–Crippen LogP) is 2.68. The minimum atomic E-state index is -4.38. The Kier molecular flexibility index (Phi) is 6.24. The van der Waals surface area contributed by atoms with E-state index < -0.39 is 23.8 Å². The number of aromatic nitrogens is 3. The molecule has 2 aliphatic rings. The highest BCUT2D eigenvalue weighted by molar-refractivity contribution is 6.30. The maximum Gasteiger partial charge on any atom is 0.389 e. The van der Waals surface area contributed by atoms with Crippen LogP contribution in [0.4, 0.5) is 19.0 Å². The molecule has 0 saturated carbocycles. The lowest BCUT2D eigenvalue weighted by Gasteiger charge is -2.49. The molecule has 2 aromatic rings. The van der Waals surface area contributed by atoms with Crippen LogP contribution in [0, 0.1) is 16.7 Å². The van der Waals surface area contributed by atoms with Crippen molar-refractivity contribution in [3.05, 3.63) is 49.9 Å². The molecule has 0 atom stereocenters. The van der Waals surface area contributed by atoms with E-state index in [0.29, 0.717) is 26.3 Å². The number of nitriles is 1. The van der Waals surface area contributed by atoms with Gasteiger partial charge in [-0.1, -0.05) is 11.6 Å². The van der Waals surface area contributed by atoms with Gasteiger partial charge in [0.05, 0.1) is 35.1 Å². The lowest BCUT2D eigenvalue weighted by atomic mass is 9.79. The van der Waals surface area contributed by atoms with Gasteiger partial charge in [0, 0.05) is 37.7 Å². The Morgan fingerprint density at radius 1 is 1.27 bits per heavy atom. The average Bonchev–Trinajstić information content (AvgIpc) is 3.20. The Morgan fingerprint density at radius 2 is 2.03 bits per heavy atom. The molecule has 0 N–H and O–H groups in total. The number of halogens is 4. The third-order valence-corrected chi connectivity index (χ3v) is 6.22. The van der Waals surface area contributed by atoms with Gasteiger partial charge in [-0.05, 0) is 25.3 Å². The molecule has 0 unspecified atom stereocenters. The Labute approximate surface area is 191 Å². The first-order valence-corrected chi connectivity index (χ1v) is 10.8. The second-order valence-corrected chi connectivity index (χ2v) is 8.89. The second-order valence-electron chi connectivity index (χ2n) is 8.46. The third kappa shape index (κ3) is 4.63. The summed E-state index contributed by atoms with van der Waals surface area (Å²) in [7, 11) is 0. The van der Waals surface area contributed by atoms with Gasteiger partial charge in [-0.25, -0.2) is 9.36 Å². The fourth-order valence-electron chi connectivity index (χ4n) is 4.51. The molecular weight excluding hydrogens is 463 g/mol. The number of anilines is 1. The van der Waals surface area contributed by atoms with Crippen LogP contribution < -0.4 is 16.1 Å². The van der Waals surface area contributed by atoms with Crippen molar-refractivity contribution in [1.29, 1.82) is 5.26 Å². The van der Waals surface area contributed by atoms with Crippen LogP contribution in [0.25, 0.3) is 5.69 Å². The lowest BCUT2D eigenvalue weighted by molar-refractivity contribution is -0.135. The number of hydrogen-bond acceptors (Lipinski definition) is 6. The molecule has 4 rings (SSSR count). The van der Waals surface area contributed by atoms with Crippen LogP contribution in [0.5, 0.6) is 0 Å². The van der Waals surface area contributed by atoms with E-state index >= 15 is 0 Å². The van der Waals surface area contributed by atoms with Crippen molar-refractivity contribution >= 4 is 17.4 Å². The molecule has 1 spiro atoms. The van der Waals surface area contributed by atoms with Crippen molar-refractivity contribution in [2.75, 3.05) is 31.2 Å². The summed E-state index contributed by atoms with van der Waals surface area (Å²) in [5.74, 6) is 0.206. The van der Waals surface area contributed by atoms with E-state index in [0.717, 1.165) is 15.6 Å². The van der Waals surface area contributed by atoms with E-state index in [4.69, 9.17) is 16.3 Å². The molecule has 0 aliphatic carbocycles. The normalized spacial score (nSPS) is 17.2. The summed E-state index contributed by atoms with van der Waals surface area (Å²) in [4.78, 5) is 32.5. The monoisotopic (exact) mass is 483 g/mol. The van der Waals surface area contributed by atoms with E-state index in [1.165, 1.54) is 18.5 Å². The van der Waals surface area contributed by atoms with Crippen LogP contribution in [0.1, 0.15) is 24.8 Å². The molecular formula is C21H21ClF3N5O3. The van der Waals surface area contributed by atoms with E-state index in [1.54, 1.807) is 4.90 Å². The van der Waals surface area contributed by atoms with Gasteiger partial charge in [0.2, 0.25) is 0 Å². The van der Waals surface area contributed by atoms with Crippen molar-refractivity contribution in [2.24, 2.45) is 5.41 Å². The summed E-state index contributed by atoms with van der Waals surface area (Å²) in [5.41, 5.74) is -1.48. The Morgan fingerprint density at radius 3 is 2.64 bits per heavy atom. The Balaban J connectivity index is 1.85. The molecule has 2 fully saturated rings. The summed E-state index contributed by atoms with van der Waals surface area (Å²) >= 11 is 5.97. The van der Waals surface area contributed by atoms with Gasteiger partial charge in [0.1, 0.15) is 12.4 Å². The van der Waals surface area contributed by atoms with E-state index in [-0.39, 0.29) is 46.9 Å². The van der Waals surface area contributed by atoms with Gasteiger partial charge in [0.25, 0.3) is 5.56 Å². The molecule has 0 aromatic carbocycles. The quantitative estimate of drug-likeness (QED) is 0.627. The average molecular weight is 484 g/mol. The number of hydrogen-bond donors (Lipinski definition) is 0. The van der Waals surface area contributed by atoms with Gasteiger partial charge in [0.15, 0.2) is 0 Å².